The van der Waals surface area contributed by atoms with Crippen molar-refractivity contribution in [2.75, 3.05) is 0 Å². The molecule has 0 aromatic heterocycles. The van der Waals surface area contributed by atoms with Crippen molar-refractivity contribution in [1.82, 2.24) is 0 Å². The van der Waals surface area contributed by atoms with E-state index in [1.807, 2.05) is 6.92 Å². The van der Waals surface area contributed by atoms with Crippen molar-refractivity contribution in [1.29, 1.82) is 0 Å². The van der Waals surface area contributed by atoms with Crippen LogP contribution in [-0.2, 0) is 0 Å². The highest BCUT2D eigenvalue weighted by atomic mass is 16.3. The zero-order valence-corrected chi connectivity index (χ0v) is 9.42. The Morgan fingerprint density at radius 3 is 2.14 bits per heavy atom. The molecule has 4 rings (SSSR count). The second-order valence-corrected chi connectivity index (χ2v) is 6.81. The van der Waals surface area contributed by atoms with E-state index < -0.39 is 0 Å². The Morgan fingerprint density at radius 1 is 1.14 bits per heavy atom. The molecule has 4 aliphatic carbocycles. The molecule has 4 fully saturated rings. The molecular weight excluding hydrogens is 172 g/mol. The van der Waals surface area contributed by atoms with Crippen LogP contribution in [0.15, 0.2) is 0 Å². The van der Waals surface area contributed by atoms with Crippen LogP contribution in [0.4, 0.5) is 0 Å². The fourth-order valence-corrected chi connectivity index (χ4v) is 5.29. The third-order valence-electron chi connectivity index (χ3n) is 5.29. The van der Waals surface area contributed by atoms with Crippen LogP contribution in [-0.4, -0.2) is 11.2 Å². The lowest BCUT2D eigenvalue weighted by atomic mass is 9.43. The van der Waals surface area contributed by atoms with Crippen LogP contribution < -0.4 is 0 Å². The number of hydrogen-bond donors (Lipinski definition) is 1. The molecule has 1 N–H and O–H groups in total. The fourth-order valence-electron chi connectivity index (χ4n) is 5.29. The SMILES string of the molecule is CC(O)C12CC3CC(CC(C)(C3)C1)C2. The molecule has 0 aromatic carbocycles. The summed E-state index contributed by atoms with van der Waals surface area (Å²) >= 11 is 0. The maximum absolute atomic E-state index is 10.0. The molecule has 0 heterocycles. The molecule has 4 aliphatic rings. The van der Waals surface area contributed by atoms with E-state index in [4.69, 9.17) is 0 Å². The molecule has 0 aromatic rings. The highest BCUT2D eigenvalue weighted by Gasteiger charge is 2.57. The number of hydrogen-bond acceptors (Lipinski definition) is 1. The van der Waals surface area contributed by atoms with Crippen LogP contribution in [0.5, 0.6) is 0 Å². The van der Waals surface area contributed by atoms with Crippen molar-refractivity contribution >= 4 is 0 Å². The second-order valence-electron chi connectivity index (χ2n) is 6.81. The van der Waals surface area contributed by atoms with Gasteiger partial charge in [0.25, 0.3) is 0 Å². The fraction of sp³-hybridized carbons (Fsp3) is 1.00. The van der Waals surface area contributed by atoms with Crippen molar-refractivity contribution < 1.29 is 5.11 Å². The van der Waals surface area contributed by atoms with Crippen LogP contribution in [0, 0.1) is 22.7 Å². The van der Waals surface area contributed by atoms with E-state index in [0.717, 1.165) is 11.8 Å². The Balaban J connectivity index is 1.96. The van der Waals surface area contributed by atoms with Crippen molar-refractivity contribution in [3.63, 3.8) is 0 Å². The highest BCUT2D eigenvalue weighted by Crippen LogP contribution is 2.65. The molecule has 3 unspecified atom stereocenters. The predicted molar refractivity (Wildman–Crippen MR) is 56.9 cm³/mol. The summed E-state index contributed by atoms with van der Waals surface area (Å²) in [5.74, 6) is 1.88. The molecule has 0 aliphatic heterocycles. The quantitative estimate of drug-likeness (QED) is 0.680. The van der Waals surface area contributed by atoms with E-state index >= 15 is 0 Å². The summed E-state index contributed by atoms with van der Waals surface area (Å²) in [6, 6.07) is 0. The normalized spacial score (nSPS) is 57.6. The lowest BCUT2D eigenvalue weighted by Crippen LogP contribution is -2.54. The van der Waals surface area contributed by atoms with Crippen LogP contribution >= 0.6 is 0 Å². The maximum Gasteiger partial charge on any atom is 0.0568 e. The highest BCUT2D eigenvalue weighted by molar-refractivity contribution is 5.07. The molecule has 80 valence electrons. The molecule has 3 atom stereocenters. The van der Waals surface area contributed by atoms with Crippen LogP contribution in [0.25, 0.3) is 0 Å². The predicted octanol–water partition coefficient (Wildman–Crippen LogP) is 2.97. The lowest BCUT2D eigenvalue weighted by molar-refractivity contribution is -0.148. The van der Waals surface area contributed by atoms with E-state index in [1.165, 1.54) is 38.5 Å². The molecule has 1 heteroatoms. The van der Waals surface area contributed by atoms with Crippen LogP contribution in [0.2, 0.25) is 0 Å². The average Bonchev–Trinajstić information content (AvgIpc) is 1.98. The summed E-state index contributed by atoms with van der Waals surface area (Å²) in [5.41, 5.74) is 0.903. The summed E-state index contributed by atoms with van der Waals surface area (Å²) in [4.78, 5) is 0. The average molecular weight is 194 g/mol. The number of aliphatic hydroxyl groups is 1. The van der Waals surface area contributed by atoms with Gasteiger partial charge in [-0.15, -0.1) is 0 Å². The molecule has 1 nitrogen and oxygen atoms in total. The molecule has 14 heavy (non-hydrogen) atoms. The van der Waals surface area contributed by atoms with E-state index in [0.29, 0.717) is 10.8 Å². The largest absolute Gasteiger partial charge is 0.393 e. The van der Waals surface area contributed by atoms with Crippen molar-refractivity contribution in [3.8, 4) is 0 Å². The number of rotatable bonds is 1. The number of aliphatic hydroxyl groups excluding tert-OH is 1. The Bertz CT molecular complexity index is 242. The van der Waals surface area contributed by atoms with E-state index in [1.54, 1.807) is 0 Å². The van der Waals surface area contributed by atoms with Gasteiger partial charge >= 0.3 is 0 Å². The van der Waals surface area contributed by atoms with E-state index in [2.05, 4.69) is 6.92 Å². The first-order valence-corrected chi connectivity index (χ1v) is 6.20. The second kappa shape index (κ2) is 2.55. The minimum absolute atomic E-state index is 0.0762. The van der Waals surface area contributed by atoms with Crippen LogP contribution in [0.1, 0.15) is 52.4 Å². The van der Waals surface area contributed by atoms with Gasteiger partial charge < -0.3 is 5.11 Å². The van der Waals surface area contributed by atoms with Gasteiger partial charge in [0.1, 0.15) is 0 Å². The Morgan fingerprint density at radius 2 is 1.71 bits per heavy atom. The van der Waals surface area contributed by atoms with Crippen molar-refractivity contribution in [3.05, 3.63) is 0 Å². The van der Waals surface area contributed by atoms with Gasteiger partial charge in [-0.2, -0.15) is 0 Å². The lowest BCUT2D eigenvalue weighted by Gasteiger charge is -2.62. The first-order valence-electron chi connectivity index (χ1n) is 6.20. The van der Waals surface area contributed by atoms with Gasteiger partial charge in [0.15, 0.2) is 0 Å². The van der Waals surface area contributed by atoms with Crippen molar-refractivity contribution in [2.45, 2.75) is 58.5 Å². The first kappa shape index (κ1) is 9.21. The molecule has 0 spiro atoms. The van der Waals surface area contributed by atoms with Gasteiger partial charge in [0.05, 0.1) is 6.10 Å². The summed E-state index contributed by atoms with van der Waals surface area (Å²) in [6.45, 7) is 4.48. The Labute approximate surface area is 86.9 Å². The van der Waals surface area contributed by atoms with E-state index in [-0.39, 0.29) is 6.10 Å². The van der Waals surface area contributed by atoms with Gasteiger partial charge in [0, 0.05) is 0 Å². The standard InChI is InChI=1S/C13H22O/c1-9(14)13-6-10-3-11(7-13)5-12(2,4-10)8-13/h9-11,14H,3-8H2,1-2H3. The molecule has 0 saturated heterocycles. The first-order chi connectivity index (χ1) is 6.51. The summed E-state index contributed by atoms with van der Waals surface area (Å²) in [6.07, 6.45) is 8.20. The minimum Gasteiger partial charge on any atom is -0.393 e. The Hall–Kier alpha value is -0.0400. The zero-order valence-electron chi connectivity index (χ0n) is 9.42. The molecule has 0 amide bonds. The maximum atomic E-state index is 10.0. The zero-order chi connectivity index (χ0) is 9.97. The summed E-state index contributed by atoms with van der Waals surface area (Å²) in [5, 5.41) is 10.0. The summed E-state index contributed by atoms with van der Waals surface area (Å²) in [7, 11) is 0. The third-order valence-corrected chi connectivity index (χ3v) is 5.29. The smallest absolute Gasteiger partial charge is 0.0568 e. The van der Waals surface area contributed by atoms with Gasteiger partial charge in [-0.3, -0.25) is 0 Å². The third kappa shape index (κ3) is 1.11. The molecular formula is C13H22O. The van der Waals surface area contributed by atoms with Gasteiger partial charge in [-0.25, -0.2) is 0 Å². The van der Waals surface area contributed by atoms with Crippen molar-refractivity contribution in [2.24, 2.45) is 22.7 Å². The molecule has 0 radical (unpaired) electrons. The van der Waals surface area contributed by atoms with Gasteiger partial charge in [-0.05, 0) is 68.1 Å². The summed E-state index contributed by atoms with van der Waals surface area (Å²) < 4.78 is 0. The molecule has 4 saturated carbocycles. The molecule has 4 bridgehead atoms. The minimum atomic E-state index is -0.0762. The van der Waals surface area contributed by atoms with E-state index in [9.17, 15) is 5.11 Å². The Kier molecular flexibility index (Phi) is 1.68. The van der Waals surface area contributed by atoms with Crippen LogP contribution in [0.3, 0.4) is 0 Å². The monoisotopic (exact) mass is 194 g/mol. The van der Waals surface area contributed by atoms with Gasteiger partial charge in [0.2, 0.25) is 0 Å². The van der Waals surface area contributed by atoms with Gasteiger partial charge in [-0.1, -0.05) is 6.92 Å². The topological polar surface area (TPSA) is 20.2 Å².